The van der Waals surface area contributed by atoms with E-state index in [0.29, 0.717) is 63.6 Å². The minimum absolute atomic E-state index is 0.102. The minimum atomic E-state index is -1.70. The number of allylic oxidation sites excluding steroid dienone is 1. The van der Waals surface area contributed by atoms with Crippen molar-refractivity contribution in [2.45, 2.75) is 88.4 Å². The van der Waals surface area contributed by atoms with Crippen LogP contribution >= 0.6 is 0 Å². The van der Waals surface area contributed by atoms with Gasteiger partial charge in [0.15, 0.2) is 5.79 Å². The summed E-state index contributed by atoms with van der Waals surface area (Å²) in [5.74, 6) is -0.811. The highest BCUT2D eigenvalue weighted by Crippen LogP contribution is 2.66. The van der Waals surface area contributed by atoms with E-state index in [0.717, 1.165) is 25.7 Å². The molecule has 0 aromatic rings. The van der Waals surface area contributed by atoms with E-state index >= 15 is 0 Å². The fourth-order valence-corrected chi connectivity index (χ4v) is 9.13. The second-order valence-corrected chi connectivity index (χ2v) is 11.9. The van der Waals surface area contributed by atoms with Crippen molar-refractivity contribution in [3.05, 3.63) is 11.6 Å². The summed E-state index contributed by atoms with van der Waals surface area (Å²) in [5, 5.41) is 11.4. The third-order valence-electron chi connectivity index (χ3n) is 10.5. The fraction of sp³-hybridized carbons (Fsp3) is 0.923. The molecular weight excluding hydrogens is 424 g/mol. The molecule has 0 amide bonds. The normalized spacial score (nSPS) is 57.8. The molecule has 33 heavy (non-hydrogen) atoms. The van der Waals surface area contributed by atoms with E-state index in [9.17, 15) is 5.11 Å². The van der Waals surface area contributed by atoms with E-state index in [2.05, 4.69) is 13.0 Å². The summed E-state index contributed by atoms with van der Waals surface area (Å²) in [7, 11) is 0. The van der Waals surface area contributed by atoms with E-state index in [4.69, 9.17) is 28.4 Å². The molecule has 0 aromatic carbocycles. The van der Waals surface area contributed by atoms with Crippen LogP contribution < -0.4 is 0 Å². The molecule has 0 radical (unpaired) electrons. The van der Waals surface area contributed by atoms with Crippen LogP contribution in [-0.2, 0) is 28.4 Å². The standard InChI is InChI=1S/C26H38O7/c1-23-8-7-19-17-4-3-16-13-26-22(29-10-12-31-26)14-25(16,19)33-24(2,27)32-15-21(28-9-11-30-26)20(23)6-5-18(17)23/h7,16-18,20-22,27H,3-6,8-15H2,1-2H3/t16?,17-,18-,20+,21?,22?,23-,24?,25+,26?/m0/s1. The van der Waals surface area contributed by atoms with Crippen molar-refractivity contribution in [3.8, 4) is 0 Å². The van der Waals surface area contributed by atoms with E-state index in [1.165, 1.54) is 12.0 Å². The SMILES string of the molecule is CC1(O)OCC2OCCOC34CC5CC[C@@H]6C(=CC[C@]7(C)[C@@H]2CC[C@@H]67)[C@]5(CC3OCCO4)O1. The van der Waals surface area contributed by atoms with Crippen LogP contribution in [0.2, 0.25) is 0 Å². The summed E-state index contributed by atoms with van der Waals surface area (Å²) < 4.78 is 38.6. The molecule has 7 heteroatoms. The molecule has 3 saturated carbocycles. The van der Waals surface area contributed by atoms with E-state index < -0.39 is 17.4 Å². The molecule has 10 atom stereocenters. The number of fused-ring (bicyclic) bond motifs is 4. The number of hydrogen-bond donors (Lipinski definition) is 1. The molecule has 2 spiro atoms. The topological polar surface area (TPSA) is 75.6 Å². The third-order valence-corrected chi connectivity index (χ3v) is 10.5. The van der Waals surface area contributed by atoms with E-state index in [1.54, 1.807) is 6.92 Å². The van der Waals surface area contributed by atoms with Crippen LogP contribution in [0, 0.1) is 29.1 Å². The molecule has 5 unspecified atom stereocenters. The summed E-state index contributed by atoms with van der Waals surface area (Å²) in [6.07, 6.45) is 9.06. The molecule has 184 valence electrons. The van der Waals surface area contributed by atoms with Gasteiger partial charge in [-0.15, -0.1) is 0 Å². The average molecular weight is 463 g/mol. The van der Waals surface area contributed by atoms with Gasteiger partial charge >= 0.3 is 0 Å². The Morgan fingerprint density at radius 2 is 1.67 bits per heavy atom. The second kappa shape index (κ2) is 7.25. The number of ether oxygens (including phenoxy) is 6. The highest BCUT2D eigenvalue weighted by Gasteiger charge is 2.67. The van der Waals surface area contributed by atoms with Gasteiger partial charge in [-0.25, -0.2) is 0 Å². The van der Waals surface area contributed by atoms with Crippen LogP contribution in [-0.4, -0.2) is 67.7 Å². The molecule has 7 nitrogen and oxygen atoms in total. The molecule has 9 aliphatic rings. The Balaban J connectivity index is 1.44. The highest BCUT2D eigenvalue weighted by atomic mass is 16.8. The molecule has 8 bridgehead atoms. The van der Waals surface area contributed by atoms with Gasteiger partial charge in [-0.2, -0.15) is 0 Å². The fourth-order valence-electron chi connectivity index (χ4n) is 9.13. The zero-order valence-corrected chi connectivity index (χ0v) is 19.9. The van der Waals surface area contributed by atoms with E-state index in [1.807, 2.05) is 0 Å². The molecule has 9 rings (SSSR count). The summed E-state index contributed by atoms with van der Waals surface area (Å²) in [5.41, 5.74) is 0.934. The summed E-state index contributed by atoms with van der Waals surface area (Å²) in [4.78, 5) is 0. The lowest BCUT2D eigenvalue weighted by atomic mass is 9.51. The smallest absolute Gasteiger partial charge is 0.278 e. The maximum atomic E-state index is 11.4. The monoisotopic (exact) mass is 462 g/mol. The summed E-state index contributed by atoms with van der Waals surface area (Å²) in [6.45, 7) is 6.48. The lowest BCUT2D eigenvalue weighted by molar-refractivity contribution is -0.416. The van der Waals surface area contributed by atoms with Gasteiger partial charge < -0.3 is 33.5 Å². The summed E-state index contributed by atoms with van der Waals surface area (Å²) >= 11 is 0. The Bertz CT molecular complexity index is 842. The number of hydrogen-bond acceptors (Lipinski definition) is 7. The molecule has 1 N–H and O–H groups in total. The second-order valence-electron chi connectivity index (χ2n) is 11.9. The molecule has 0 aromatic heterocycles. The predicted molar refractivity (Wildman–Crippen MR) is 117 cm³/mol. The van der Waals surface area contributed by atoms with Crippen molar-refractivity contribution in [1.29, 1.82) is 0 Å². The first-order valence-electron chi connectivity index (χ1n) is 13.1. The quantitative estimate of drug-likeness (QED) is 0.554. The van der Waals surface area contributed by atoms with E-state index in [-0.39, 0.29) is 23.5 Å². The Morgan fingerprint density at radius 3 is 2.52 bits per heavy atom. The van der Waals surface area contributed by atoms with Crippen molar-refractivity contribution in [3.63, 3.8) is 0 Å². The van der Waals surface area contributed by atoms with Crippen molar-refractivity contribution in [2.75, 3.05) is 33.0 Å². The zero-order valence-electron chi connectivity index (χ0n) is 19.9. The van der Waals surface area contributed by atoms with Crippen LogP contribution in [0.4, 0.5) is 0 Å². The number of rotatable bonds is 0. The lowest BCUT2D eigenvalue weighted by Crippen LogP contribution is -2.67. The van der Waals surface area contributed by atoms with Gasteiger partial charge in [0.05, 0.1) is 39.1 Å². The molecule has 5 heterocycles. The van der Waals surface area contributed by atoms with Crippen molar-refractivity contribution in [2.24, 2.45) is 29.1 Å². The Hall–Kier alpha value is -0.540. The maximum Gasteiger partial charge on any atom is 0.278 e. The molecule has 7 fully saturated rings. The lowest BCUT2D eigenvalue weighted by Gasteiger charge is -2.62. The van der Waals surface area contributed by atoms with Crippen molar-refractivity contribution < 1.29 is 33.5 Å². The maximum absolute atomic E-state index is 11.4. The first kappa shape index (κ1) is 21.7. The van der Waals surface area contributed by atoms with Crippen LogP contribution in [0.5, 0.6) is 0 Å². The minimum Gasteiger partial charge on any atom is -0.373 e. The van der Waals surface area contributed by atoms with Crippen molar-refractivity contribution >= 4 is 0 Å². The largest absolute Gasteiger partial charge is 0.373 e. The van der Waals surface area contributed by atoms with Gasteiger partial charge in [-0.3, -0.25) is 0 Å². The predicted octanol–water partition coefficient (Wildman–Crippen LogP) is 3.15. The molecule has 5 aliphatic heterocycles. The van der Waals surface area contributed by atoms with Crippen LogP contribution in [0.15, 0.2) is 11.6 Å². The van der Waals surface area contributed by atoms with Crippen molar-refractivity contribution in [1.82, 2.24) is 0 Å². The van der Waals surface area contributed by atoms with Gasteiger partial charge in [-0.1, -0.05) is 13.0 Å². The van der Waals surface area contributed by atoms with Gasteiger partial charge in [0.1, 0.15) is 11.7 Å². The molecule has 4 saturated heterocycles. The Morgan fingerprint density at radius 1 is 0.879 bits per heavy atom. The summed E-state index contributed by atoms with van der Waals surface area (Å²) in [6, 6.07) is 0. The Kier molecular flexibility index (Phi) is 4.77. The number of aliphatic hydroxyl groups is 1. The van der Waals surface area contributed by atoms with Crippen LogP contribution in [0.25, 0.3) is 0 Å². The average Bonchev–Trinajstić information content (AvgIpc) is 3.13. The van der Waals surface area contributed by atoms with Gasteiger partial charge in [-0.05, 0) is 66.8 Å². The van der Waals surface area contributed by atoms with Crippen LogP contribution in [0.3, 0.4) is 0 Å². The highest BCUT2D eigenvalue weighted by molar-refractivity contribution is 5.33. The zero-order chi connectivity index (χ0) is 22.5. The molecular formula is C26H38O7. The Labute approximate surface area is 196 Å². The van der Waals surface area contributed by atoms with Gasteiger partial charge in [0, 0.05) is 19.8 Å². The van der Waals surface area contributed by atoms with Crippen LogP contribution in [0.1, 0.15) is 58.8 Å². The first-order valence-corrected chi connectivity index (χ1v) is 13.1. The first-order chi connectivity index (χ1) is 15.9. The third kappa shape index (κ3) is 3.00. The van der Waals surface area contributed by atoms with Gasteiger partial charge in [0.2, 0.25) is 0 Å². The van der Waals surface area contributed by atoms with Gasteiger partial charge in [0.25, 0.3) is 5.97 Å². The molecule has 4 aliphatic carbocycles.